The molecule has 2 atom stereocenters. The second-order valence-corrected chi connectivity index (χ2v) is 8.38. The van der Waals surface area contributed by atoms with Gasteiger partial charge in [0.05, 0.1) is 11.6 Å². The average Bonchev–Trinajstić information content (AvgIpc) is 3.24. The van der Waals surface area contributed by atoms with Crippen molar-refractivity contribution in [2.75, 3.05) is 26.7 Å². The molecule has 0 spiro atoms. The molecule has 0 aromatic carbocycles. The molecule has 2 aromatic heterocycles. The monoisotopic (exact) mass is 425 g/mol. The molecule has 0 unspecified atom stereocenters. The number of nitrogens with one attached hydrogen (secondary N) is 1. The number of amides is 1. The van der Waals surface area contributed by atoms with Gasteiger partial charge in [0.2, 0.25) is 11.8 Å². The first-order chi connectivity index (χ1) is 14.0. The van der Waals surface area contributed by atoms with Crippen molar-refractivity contribution in [3.8, 4) is 5.88 Å². The molecule has 1 N–H and O–H groups in total. The van der Waals surface area contributed by atoms with Crippen LogP contribution in [0.1, 0.15) is 30.9 Å². The fourth-order valence-electron chi connectivity index (χ4n) is 3.52. The maximum atomic E-state index is 13.1. The predicted octanol–water partition coefficient (Wildman–Crippen LogP) is 2.45. The molecule has 1 amide bonds. The van der Waals surface area contributed by atoms with Gasteiger partial charge in [-0.15, -0.1) is 0 Å². The van der Waals surface area contributed by atoms with Crippen LogP contribution in [0.2, 0.25) is 0 Å². The minimum Gasteiger partial charge on any atom is -0.476 e. The molecule has 1 aliphatic heterocycles. The van der Waals surface area contributed by atoms with E-state index < -0.39 is 23.0 Å². The molecule has 1 aliphatic rings. The van der Waals surface area contributed by atoms with E-state index >= 15 is 0 Å². The van der Waals surface area contributed by atoms with Crippen LogP contribution in [0, 0.1) is 5.41 Å². The number of alkyl halides is 3. The summed E-state index contributed by atoms with van der Waals surface area (Å²) in [5, 5.41) is 7.25. The van der Waals surface area contributed by atoms with Crippen molar-refractivity contribution >= 4 is 5.91 Å². The third kappa shape index (κ3) is 4.92. The summed E-state index contributed by atoms with van der Waals surface area (Å²) in [6, 6.07) is 1.97. The highest BCUT2D eigenvalue weighted by Gasteiger charge is 2.39. The van der Waals surface area contributed by atoms with Gasteiger partial charge in [-0.2, -0.15) is 18.3 Å². The molecule has 0 radical (unpaired) electrons. The summed E-state index contributed by atoms with van der Waals surface area (Å²) in [6.45, 7) is 4.47. The highest BCUT2D eigenvalue weighted by atomic mass is 19.4. The lowest BCUT2D eigenvalue weighted by atomic mass is 9.91. The smallest absolute Gasteiger partial charge is 0.421 e. The maximum Gasteiger partial charge on any atom is 0.421 e. The van der Waals surface area contributed by atoms with Gasteiger partial charge < -0.3 is 15.0 Å². The summed E-state index contributed by atoms with van der Waals surface area (Å²) in [5.41, 5.74) is -0.985. The molecule has 2 aromatic rings. The number of hydrogen-bond donors (Lipinski definition) is 1. The van der Waals surface area contributed by atoms with Crippen LogP contribution >= 0.6 is 0 Å². The van der Waals surface area contributed by atoms with E-state index in [1.54, 1.807) is 24.7 Å². The number of nitrogens with zero attached hydrogens (tertiary/aromatic N) is 4. The highest BCUT2D eigenvalue weighted by Crippen LogP contribution is 2.35. The maximum absolute atomic E-state index is 13.1. The highest BCUT2D eigenvalue weighted by molar-refractivity contribution is 5.82. The normalized spacial score (nSPS) is 20.4. The standard InChI is InChI=1S/C20H26F3N5O2/c1-19(2,12-30-17-15(20(21,22)23)6-5-7-24-17)18(29)26-16-11-27(3)10-14(16)13-8-25-28(4)9-13/h5-9,14,16H,10-12H2,1-4H3,(H,26,29)/t14-,16+/m1/s1. The van der Waals surface area contributed by atoms with Crippen molar-refractivity contribution in [3.05, 3.63) is 41.9 Å². The summed E-state index contributed by atoms with van der Waals surface area (Å²) in [4.78, 5) is 18.7. The third-order valence-corrected chi connectivity index (χ3v) is 5.23. The Balaban J connectivity index is 1.67. The van der Waals surface area contributed by atoms with Gasteiger partial charge in [-0.3, -0.25) is 9.48 Å². The van der Waals surface area contributed by atoms with E-state index in [4.69, 9.17) is 4.74 Å². The molecule has 0 aliphatic carbocycles. The van der Waals surface area contributed by atoms with Crippen molar-refractivity contribution in [2.24, 2.45) is 12.5 Å². The summed E-state index contributed by atoms with van der Waals surface area (Å²) in [5.74, 6) is -0.738. The molecule has 164 valence electrons. The number of carbonyl (C=O) groups excluding carboxylic acids is 1. The van der Waals surface area contributed by atoms with Crippen LogP contribution in [-0.2, 0) is 18.0 Å². The average molecular weight is 425 g/mol. The van der Waals surface area contributed by atoms with Crippen LogP contribution in [0.3, 0.4) is 0 Å². The Labute approximate surface area is 173 Å². The fourth-order valence-corrected chi connectivity index (χ4v) is 3.52. The van der Waals surface area contributed by atoms with Crippen molar-refractivity contribution in [2.45, 2.75) is 32.0 Å². The number of ether oxygens (including phenoxy) is 1. The second-order valence-electron chi connectivity index (χ2n) is 8.38. The van der Waals surface area contributed by atoms with E-state index in [0.29, 0.717) is 6.54 Å². The molecular weight excluding hydrogens is 399 g/mol. The van der Waals surface area contributed by atoms with Gasteiger partial charge in [-0.25, -0.2) is 4.98 Å². The second kappa shape index (κ2) is 8.25. The van der Waals surface area contributed by atoms with E-state index in [2.05, 4.69) is 20.3 Å². The number of aryl methyl sites for hydroxylation is 1. The zero-order valence-electron chi connectivity index (χ0n) is 17.4. The van der Waals surface area contributed by atoms with Gasteiger partial charge >= 0.3 is 6.18 Å². The molecule has 1 saturated heterocycles. The minimum absolute atomic E-state index is 0.0805. The molecule has 3 heterocycles. The lowest BCUT2D eigenvalue weighted by Gasteiger charge is -2.28. The first kappa shape index (κ1) is 22.1. The van der Waals surface area contributed by atoms with Gasteiger partial charge in [0.1, 0.15) is 12.2 Å². The Morgan fingerprint density at radius 2 is 2.03 bits per heavy atom. The summed E-state index contributed by atoms with van der Waals surface area (Å²) >= 11 is 0. The topological polar surface area (TPSA) is 72.3 Å². The van der Waals surface area contributed by atoms with E-state index in [-0.39, 0.29) is 24.5 Å². The van der Waals surface area contributed by atoms with Crippen molar-refractivity contribution in [3.63, 3.8) is 0 Å². The first-order valence-electron chi connectivity index (χ1n) is 9.60. The number of rotatable bonds is 6. The number of hydrogen-bond acceptors (Lipinski definition) is 5. The van der Waals surface area contributed by atoms with Crippen molar-refractivity contribution in [1.82, 2.24) is 25.0 Å². The number of likely N-dealkylation sites (tertiary alicyclic amines) is 1. The molecule has 10 heteroatoms. The van der Waals surface area contributed by atoms with Crippen LogP contribution in [0.25, 0.3) is 0 Å². The van der Waals surface area contributed by atoms with Crippen LogP contribution in [-0.4, -0.2) is 58.4 Å². The van der Waals surface area contributed by atoms with Crippen LogP contribution in [0.4, 0.5) is 13.2 Å². The Morgan fingerprint density at radius 1 is 1.30 bits per heavy atom. The van der Waals surface area contributed by atoms with Crippen LogP contribution < -0.4 is 10.1 Å². The van der Waals surface area contributed by atoms with E-state index in [1.165, 1.54) is 12.3 Å². The largest absolute Gasteiger partial charge is 0.476 e. The molecule has 3 rings (SSSR count). The van der Waals surface area contributed by atoms with E-state index in [0.717, 1.165) is 18.2 Å². The molecule has 0 bridgehead atoms. The Hall–Kier alpha value is -2.62. The van der Waals surface area contributed by atoms with Gasteiger partial charge in [0.25, 0.3) is 0 Å². The summed E-state index contributed by atoms with van der Waals surface area (Å²) in [6.07, 6.45) is 0.361. The third-order valence-electron chi connectivity index (χ3n) is 5.23. The van der Waals surface area contributed by atoms with Crippen molar-refractivity contribution < 1.29 is 22.7 Å². The summed E-state index contributed by atoms with van der Waals surface area (Å²) < 4.78 is 46.4. The van der Waals surface area contributed by atoms with Crippen LogP contribution in [0.5, 0.6) is 5.88 Å². The van der Waals surface area contributed by atoms with E-state index in [1.807, 2.05) is 20.3 Å². The van der Waals surface area contributed by atoms with Crippen LogP contribution in [0.15, 0.2) is 30.7 Å². The summed E-state index contributed by atoms with van der Waals surface area (Å²) in [7, 11) is 3.81. The quantitative estimate of drug-likeness (QED) is 0.770. The van der Waals surface area contributed by atoms with E-state index in [9.17, 15) is 18.0 Å². The lowest BCUT2D eigenvalue weighted by molar-refractivity contribution is -0.139. The fraction of sp³-hybridized carbons (Fsp3) is 0.550. The predicted molar refractivity (Wildman–Crippen MR) is 104 cm³/mol. The van der Waals surface area contributed by atoms with Gasteiger partial charge in [-0.1, -0.05) is 0 Å². The van der Waals surface area contributed by atoms with Crippen molar-refractivity contribution in [1.29, 1.82) is 0 Å². The Bertz CT molecular complexity index is 897. The number of carbonyl (C=O) groups is 1. The van der Waals surface area contributed by atoms with Gasteiger partial charge in [0, 0.05) is 44.5 Å². The zero-order valence-corrected chi connectivity index (χ0v) is 17.4. The Kier molecular flexibility index (Phi) is 6.07. The van der Waals surface area contributed by atoms with Gasteiger partial charge in [-0.05, 0) is 38.6 Å². The lowest BCUT2D eigenvalue weighted by Crippen LogP contribution is -2.48. The number of aromatic nitrogens is 3. The number of pyridine rings is 1. The Morgan fingerprint density at radius 3 is 2.67 bits per heavy atom. The van der Waals surface area contributed by atoms with Gasteiger partial charge in [0.15, 0.2) is 0 Å². The molecule has 0 saturated carbocycles. The molecule has 7 nitrogen and oxygen atoms in total. The molecular formula is C20H26F3N5O2. The number of halogens is 3. The molecule has 1 fully saturated rings. The molecule has 30 heavy (non-hydrogen) atoms. The number of likely N-dealkylation sites (N-methyl/N-ethyl adjacent to an activating group) is 1. The first-order valence-corrected chi connectivity index (χ1v) is 9.60. The minimum atomic E-state index is -4.58. The SMILES string of the molecule is CN1C[C@H](NC(=O)C(C)(C)COc2ncccc2C(F)(F)F)[C@@H](c2cnn(C)c2)C1. The zero-order chi connectivity index (χ0) is 22.1.